The summed E-state index contributed by atoms with van der Waals surface area (Å²) in [4.78, 5) is 22.0. The predicted molar refractivity (Wildman–Crippen MR) is 37.3 cm³/mol. The number of urea groups is 1. The van der Waals surface area contributed by atoms with Crippen LogP contribution in [0, 0.1) is 4.91 Å². The number of carbonyl (C=O) groups excluding carboxylic acids is 1. The molecule has 0 aliphatic heterocycles. The van der Waals surface area contributed by atoms with Crippen LogP contribution in [-0.4, -0.2) is 16.5 Å². The minimum Gasteiger partial charge on any atom is -0.248 e. The van der Waals surface area contributed by atoms with Crippen LogP contribution in [0.5, 0.6) is 0 Å². The topological polar surface area (TPSA) is 61.8 Å². The average Bonchev–Trinajstić information content (AvgIpc) is 1.88. The Hall–Kier alpha value is -0.550. The monoisotopic (exact) mass is 185 g/mol. The quantitative estimate of drug-likeness (QED) is 0.233. The number of amides is 2. The van der Waals surface area contributed by atoms with E-state index < -0.39 is 11.5 Å². The van der Waals surface area contributed by atoms with Crippen molar-refractivity contribution in [2.45, 2.75) is 12.4 Å². The number of hydrogen-bond donors (Lipinski definition) is 1. The fraction of sp³-hybridized carbons (Fsp3) is 0.667. The zero-order valence-electron chi connectivity index (χ0n) is 5.04. The molecule has 2 amide bonds. The summed E-state index contributed by atoms with van der Waals surface area (Å²) in [6.07, 6.45) is 0. The van der Waals surface area contributed by atoms with Crippen LogP contribution in [0.1, 0.15) is 6.92 Å². The summed E-state index contributed by atoms with van der Waals surface area (Å²) in [5.74, 6) is 0. The number of carbonyl (C=O) groups is 1. The van der Waals surface area contributed by atoms with Crippen molar-refractivity contribution in [3.05, 3.63) is 4.91 Å². The first-order valence-electron chi connectivity index (χ1n) is 2.30. The molecule has 0 saturated heterocycles. The maximum atomic E-state index is 10.5. The minimum absolute atomic E-state index is 0.467. The van der Waals surface area contributed by atoms with Crippen molar-refractivity contribution in [1.29, 1.82) is 0 Å². The zero-order valence-corrected chi connectivity index (χ0v) is 6.56. The number of rotatable bonds is 2. The molecule has 0 aromatic carbocycles. The summed E-state index contributed by atoms with van der Waals surface area (Å²) in [5.41, 5.74) is -0.809. The van der Waals surface area contributed by atoms with Crippen LogP contribution in [0.15, 0.2) is 5.29 Å². The van der Waals surface area contributed by atoms with Crippen molar-refractivity contribution in [1.82, 2.24) is 9.84 Å². The molecule has 0 aromatic heterocycles. The van der Waals surface area contributed by atoms with E-state index >= 15 is 0 Å². The molecule has 1 unspecified atom stereocenters. The van der Waals surface area contributed by atoms with E-state index in [4.69, 9.17) is 23.4 Å². The van der Waals surface area contributed by atoms with Crippen molar-refractivity contribution < 1.29 is 4.79 Å². The van der Waals surface area contributed by atoms with E-state index in [1.165, 1.54) is 6.92 Å². The summed E-state index contributed by atoms with van der Waals surface area (Å²) in [5, 5.41) is 2.78. The molecule has 0 heterocycles. The summed E-state index contributed by atoms with van der Waals surface area (Å²) in [7, 11) is 0. The van der Waals surface area contributed by atoms with Gasteiger partial charge in [0.2, 0.25) is 0 Å². The summed E-state index contributed by atoms with van der Waals surface area (Å²) in [6.45, 7) is 1.41. The molecule has 1 N–H and O–H groups in total. The van der Waals surface area contributed by atoms with E-state index in [0.29, 0.717) is 5.01 Å². The van der Waals surface area contributed by atoms with Gasteiger partial charge >= 0.3 is 6.03 Å². The Morgan fingerprint density at radius 2 is 2.30 bits per heavy atom. The molecule has 58 valence electrons. The van der Waals surface area contributed by atoms with Crippen molar-refractivity contribution in [2.24, 2.45) is 5.29 Å². The Morgan fingerprint density at radius 1 is 1.80 bits per heavy atom. The number of nitroso groups, excluding NO2 is 1. The fourth-order valence-electron chi connectivity index (χ4n) is 0.307. The highest BCUT2D eigenvalue weighted by molar-refractivity contribution is 6.23. The highest BCUT2D eigenvalue weighted by Gasteiger charge is 2.17. The van der Waals surface area contributed by atoms with E-state index in [0.717, 1.165) is 0 Å². The van der Waals surface area contributed by atoms with Crippen LogP contribution >= 0.6 is 23.4 Å². The first-order chi connectivity index (χ1) is 4.63. The minimum atomic E-state index is -0.848. The standard InChI is InChI=1S/C3H5Cl2N3O2/c1-2(4)8(7-10)3(9)6-5/h2H,1H3,(H,6,9). The average molecular weight is 186 g/mol. The van der Waals surface area contributed by atoms with Gasteiger partial charge in [-0.05, 0) is 6.92 Å². The van der Waals surface area contributed by atoms with Crippen LogP contribution in [0.2, 0.25) is 0 Å². The number of hydrogen-bond acceptors (Lipinski definition) is 3. The molecule has 0 saturated carbocycles. The molecule has 0 fully saturated rings. The van der Waals surface area contributed by atoms with Crippen LogP contribution in [0.4, 0.5) is 4.79 Å². The Bertz CT molecular complexity index is 140. The number of halogens is 2. The highest BCUT2D eigenvalue weighted by Crippen LogP contribution is 2.03. The maximum Gasteiger partial charge on any atom is 0.356 e. The molecule has 5 nitrogen and oxygen atoms in total. The van der Waals surface area contributed by atoms with Crippen molar-refractivity contribution in [3.8, 4) is 0 Å². The van der Waals surface area contributed by atoms with Gasteiger partial charge in [-0.1, -0.05) is 11.6 Å². The lowest BCUT2D eigenvalue weighted by Crippen LogP contribution is -2.35. The molecule has 1 atom stereocenters. The smallest absolute Gasteiger partial charge is 0.248 e. The Morgan fingerprint density at radius 3 is 2.40 bits per heavy atom. The fourth-order valence-corrected chi connectivity index (χ4v) is 0.518. The second-order valence-electron chi connectivity index (χ2n) is 1.40. The van der Waals surface area contributed by atoms with Crippen LogP contribution in [0.3, 0.4) is 0 Å². The van der Waals surface area contributed by atoms with Gasteiger partial charge in [-0.25, -0.2) is 9.63 Å². The third-order valence-corrected chi connectivity index (χ3v) is 1.06. The Kier molecular flexibility index (Phi) is 4.06. The maximum absolute atomic E-state index is 10.5. The second-order valence-corrected chi connectivity index (χ2v) is 2.22. The highest BCUT2D eigenvalue weighted by atomic mass is 35.5. The molecule has 0 bridgehead atoms. The Balaban J connectivity index is 4.06. The predicted octanol–water partition coefficient (Wildman–Crippen LogP) is 1.42. The Labute approximate surface area is 67.3 Å². The molecule has 7 heteroatoms. The van der Waals surface area contributed by atoms with Crippen LogP contribution in [0.25, 0.3) is 0 Å². The first kappa shape index (κ1) is 9.45. The summed E-state index contributed by atoms with van der Waals surface area (Å²) in [6, 6.07) is -0.848. The zero-order chi connectivity index (χ0) is 8.15. The van der Waals surface area contributed by atoms with E-state index in [9.17, 15) is 9.70 Å². The lowest BCUT2D eigenvalue weighted by Gasteiger charge is -2.12. The van der Waals surface area contributed by atoms with Crippen LogP contribution < -0.4 is 4.84 Å². The van der Waals surface area contributed by atoms with Gasteiger partial charge in [0.1, 0.15) is 5.50 Å². The third-order valence-electron chi connectivity index (χ3n) is 0.714. The van der Waals surface area contributed by atoms with E-state index in [1.807, 2.05) is 0 Å². The summed E-state index contributed by atoms with van der Waals surface area (Å²) < 4.78 is 0. The van der Waals surface area contributed by atoms with Gasteiger partial charge < -0.3 is 0 Å². The largest absolute Gasteiger partial charge is 0.356 e. The van der Waals surface area contributed by atoms with E-state index in [2.05, 4.69) is 5.29 Å². The van der Waals surface area contributed by atoms with Gasteiger partial charge in [-0.15, -0.1) is 4.91 Å². The van der Waals surface area contributed by atoms with E-state index in [1.54, 1.807) is 4.84 Å². The van der Waals surface area contributed by atoms with Gasteiger partial charge in [0.05, 0.1) is 5.29 Å². The molecular weight excluding hydrogens is 181 g/mol. The lowest BCUT2D eigenvalue weighted by atomic mass is 10.7. The molecule has 0 aliphatic rings. The number of alkyl halides is 1. The molecular formula is C3H5Cl2N3O2. The molecule has 0 radical (unpaired) electrons. The summed E-state index contributed by atoms with van der Waals surface area (Å²) >= 11 is 10.2. The molecule has 0 rings (SSSR count). The second kappa shape index (κ2) is 4.29. The van der Waals surface area contributed by atoms with Gasteiger partial charge in [-0.3, -0.25) is 0 Å². The number of nitrogens with zero attached hydrogens (tertiary/aromatic N) is 2. The van der Waals surface area contributed by atoms with Gasteiger partial charge in [0, 0.05) is 11.8 Å². The van der Waals surface area contributed by atoms with Gasteiger partial charge in [0.25, 0.3) is 0 Å². The van der Waals surface area contributed by atoms with Crippen molar-refractivity contribution >= 4 is 29.4 Å². The molecule has 0 spiro atoms. The lowest BCUT2D eigenvalue weighted by molar-refractivity contribution is 0.202. The molecule has 0 aliphatic carbocycles. The third kappa shape index (κ3) is 2.36. The normalized spacial score (nSPS) is 11.9. The van der Waals surface area contributed by atoms with Crippen LogP contribution in [-0.2, 0) is 0 Å². The molecule has 10 heavy (non-hydrogen) atoms. The SMILES string of the molecule is CC(Cl)N(N=O)C(=O)NCl. The van der Waals surface area contributed by atoms with Crippen molar-refractivity contribution in [2.75, 3.05) is 0 Å². The van der Waals surface area contributed by atoms with E-state index in [-0.39, 0.29) is 0 Å². The van der Waals surface area contributed by atoms with Crippen molar-refractivity contribution in [3.63, 3.8) is 0 Å². The van der Waals surface area contributed by atoms with Gasteiger partial charge in [0.15, 0.2) is 0 Å². The molecule has 0 aromatic rings. The first-order valence-corrected chi connectivity index (χ1v) is 3.12. The van der Waals surface area contributed by atoms with Gasteiger partial charge in [-0.2, -0.15) is 5.01 Å². The number of nitrogens with one attached hydrogen (secondary N) is 1.